The number of ether oxygens (including phenoxy) is 1. The molecule has 0 atom stereocenters. The highest BCUT2D eigenvalue weighted by molar-refractivity contribution is 7.14. The highest BCUT2D eigenvalue weighted by Gasteiger charge is 2.32. The van der Waals surface area contributed by atoms with Crippen LogP contribution in [0.4, 0.5) is 14.3 Å². The van der Waals surface area contributed by atoms with E-state index < -0.39 is 0 Å². The Bertz CT molecular complexity index is 1080. The zero-order valence-corrected chi connectivity index (χ0v) is 19.3. The van der Waals surface area contributed by atoms with Crippen molar-refractivity contribution in [2.75, 3.05) is 24.6 Å². The number of likely N-dealkylation sites (tertiary alicyclic amines) is 1. The van der Waals surface area contributed by atoms with E-state index in [0.29, 0.717) is 49.9 Å². The van der Waals surface area contributed by atoms with Crippen LogP contribution in [-0.4, -0.2) is 41.6 Å². The number of carbonyl (C=O) groups is 2. The number of carbonyl (C=O) groups excluding carboxylic acids is 2. The molecular formula is C25H26FN3O3S. The van der Waals surface area contributed by atoms with Crippen LogP contribution in [0.1, 0.15) is 25.3 Å². The van der Waals surface area contributed by atoms with Crippen LogP contribution >= 0.6 is 11.3 Å². The number of hydrogen-bond acceptors (Lipinski definition) is 5. The fraction of sp³-hybridized carbons (Fsp3) is 0.320. The fourth-order valence-corrected chi connectivity index (χ4v) is 4.73. The molecule has 8 heteroatoms. The minimum Gasteiger partial charge on any atom is -0.450 e. The zero-order valence-electron chi connectivity index (χ0n) is 18.4. The van der Waals surface area contributed by atoms with Crippen LogP contribution < -0.4 is 4.90 Å². The standard InChI is InChI=1S/C25H26FN3O3S/c1-2-32-25(31)28-14-12-20(13-15-28)23(30)29(16-18-6-4-3-5-7-18)24-27-22(17-33-24)19-8-10-21(26)11-9-19/h3-11,17,20H,2,12-16H2,1H3. The maximum absolute atomic E-state index is 13.6. The Morgan fingerprint density at radius 2 is 1.82 bits per heavy atom. The number of halogens is 1. The molecule has 0 radical (unpaired) electrons. The molecule has 172 valence electrons. The van der Waals surface area contributed by atoms with Gasteiger partial charge in [0.2, 0.25) is 5.91 Å². The van der Waals surface area contributed by atoms with Crippen LogP contribution in [0.3, 0.4) is 0 Å². The number of amides is 2. The van der Waals surface area contributed by atoms with Crippen LogP contribution in [0.25, 0.3) is 11.3 Å². The molecule has 0 N–H and O–H groups in total. The van der Waals surface area contributed by atoms with E-state index in [4.69, 9.17) is 9.72 Å². The van der Waals surface area contributed by atoms with Gasteiger partial charge in [0.15, 0.2) is 5.13 Å². The predicted molar refractivity (Wildman–Crippen MR) is 126 cm³/mol. The Kier molecular flexibility index (Phi) is 7.34. The van der Waals surface area contributed by atoms with Gasteiger partial charge < -0.3 is 9.64 Å². The van der Waals surface area contributed by atoms with E-state index in [1.54, 1.807) is 28.9 Å². The molecule has 0 aliphatic carbocycles. The third-order valence-corrected chi connectivity index (χ3v) is 6.55. The first-order chi connectivity index (χ1) is 16.0. The molecule has 2 aromatic carbocycles. The van der Waals surface area contributed by atoms with Crippen molar-refractivity contribution >= 4 is 28.5 Å². The van der Waals surface area contributed by atoms with Crippen molar-refractivity contribution in [3.63, 3.8) is 0 Å². The van der Waals surface area contributed by atoms with Crippen LogP contribution in [0.5, 0.6) is 0 Å². The van der Waals surface area contributed by atoms with Gasteiger partial charge in [-0.15, -0.1) is 11.3 Å². The molecule has 0 saturated carbocycles. The number of rotatable bonds is 6. The molecule has 0 spiro atoms. The van der Waals surface area contributed by atoms with Crippen LogP contribution in [0, 0.1) is 11.7 Å². The first-order valence-corrected chi connectivity index (χ1v) is 11.9. The van der Waals surface area contributed by atoms with E-state index >= 15 is 0 Å². The van der Waals surface area contributed by atoms with Crippen molar-refractivity contribution in [1.82, 2.24) is 9.88 Å². The smallest absolute Gasteiger partial charge is 0.409 e. The third kappa shape index (κ3) is 5.57. The van der Waals surface area contributed by atoms with Gasteiger partial charge in [0.05, 0.1) is 18.8 Å². The van der Waals surface area contributed by atoms with Gasteiger partial charge in [-0.2, -0.15) is 0 Å². The van der Waals surface area contributed by atoms with Crippen LogP contribution in [0.15, 0.2) is 60.0 Å². The Labute approximate surface area is 196 Å². The van der Waals surface area contributed by atoms with Gasteiger partial charge in [0, 0.05) is 30.0 Å². The molecule has 33 heavy (non-hydrogen) atoms. The average Bonchev–Trinajstić information content (AvgIpc) is 3.33. The minimum absolute atomic E-state index is 0.00219. The lowest BCUT2D eigenvalue weighted by Crippen LogP contribution is -2.44. The molecule has 0 bridgehead atoms. The van der Waals surface area contributed by atoms with E-state index in [1.165, 1.54) is 23.5 Å². The second kappa shape index (κ2) is 10.6. The summed E-state index contributed by atoms with van der Waals surface area (Å²) in [5.41, 5.74) is 2.51. The van der Waals surface area contributed by atoms with Gasteiger partial charge in [-0.1, -0.05) is 30.3 Å². The number of nitrogens with zero attached hydrogens (tertiary/aromatic N) is 3. The number of anilines is 1. The second-order valence-corrected chi connectivity index (χ2v) is 8.73. The lowest BCUT2D eigenvalue weighted by molar-refractivity contribution is -0.123. The number of hydrogen-bond donors (Lipinski definition) is 0. The summed E-state index contributed by atoms with van der Waals surface area (Å²) < 4.78 is 18.4. The summed E-state index contributed by atoms with van der Waals surface area (Å²) in [6, 6.07) is 16.0. The van der Waals surface area contributed by atoms with Crippen LogP contribution in [-0.2, 0) is 16.1 Å². The van der Waals surface area contributed by atoms with Crippen molar-refractivity contribution in [3.8, 4) is 11.3 Å². The van der Waals surface area contributed by atoms with Crippen LogP contribution in [0.2, 0.25) is 0 Å². The number of thiazole rings is 1. The maximum Gasteiger partial charge on any atom is 0.409 e. The fourth-order valence-electron chi connectivity index (χ4n) is 3.89. The van der Waals surface area contributed by atoms with E-state index in [9.17, 15) is 14.0 Å². The summed E-state index contributed by atoms with van der Waals surface area (Å²) in [5.74, 6) is -0.496. The van der Waals surface area contributed by atoms with Crippen molar-refractivity contribution in [3.05, 3.63) is 71.4 Å². The molecule has 4 rings (SSSR count). The minimum atomic E-state index is -0.326. The summed E-state index contributed by atoms with van der Waals surface area (Å²) in [4.78, 5) is 33.7. The first kappa shape index (κ1) is 22.9. The Morgan fingerprint density at radius 1 is 1.12 bits per heavy atom. The van der Waals surface area contributed by atoms with E-state index in [-0.39, 0.29) is 23.7 Å². The maximum atomic E-state index is 13.6. The molecule has 1 aromatic heterocycles. The summed E-state index contributed by atoms with van der Waals surface area (Å²) in [5, 5.41) is 2.49. The SMILES string of the molecule is CCOC(=O)N1CCC(C(=O)N(Cc2ccccc2)c2nc(-c3ccc(F)cc3)cs2)CC1. The van der Waals surface area contributed by atoms with Crippen molar-refractivity contribution in [1.29, 1.82) is 0 Å². The van der Waals surface area contributed by atoms with E-state index in [2.05, 4.69) is 0 Å². The second-order valence-electron chi connectivity index (χ2n) is 7.89. The lowest BCUT2D eigenvalue weighted by Gasteiger charge is -2.33. The Balaban J connectivity index is 1.54. The summed E-state index contributed by atoms with van der Waals surface area (Å²) >= 11 is 1.40. The van der Waals surface area contributed by atoms with Gasteiger partial charge >= 0.3 is 6.09 Å². The van der Waals surface area contributed by atoms with Crippen molar-refractivity contribution < 1.29 is 18.7 Å². The number of piperidine rings is 1. The molecule has 1 aliphatic rings. The normalized spacial score (nSPS) is 14.2. The molecule has 1 saturated heterocycles. The molecular weight excluding hydrogens is 441 g/mol. The number of aromatic nitrogens is 1. The van der Waals surface area contributed by atoms with Gasteiger partial charge in [0.25, 0.3) is 0 Å². The predicted octanol–water partition coefficient (Wildman–Crippen LogP) is 5.35. The van der Waals surface area contributed by atoms with Gasteiger partial charge in [-0.25, -0.2) is 14.2 Å². The molecule has 2 amide bonds. The molecule has 1 aliphatic heterocycles. The average molecular weight is 468 g/mol. The van der Waals surface area contributed by atoms with Gasteiger partial charge in [0.1, 0.15) is 5.82 Å². The largest absolute Gasteiger partial charge is 0.450 e. The van der Waals surface area contributed by atoms with E-state index in [1.807, 2.05) is 35.7 Å². The molecule has 2 heterocycles. The van der Waals surface area contributed by atoms with Crippen molar-refractivity contribution in [2.24, 2.45) is 5.92 Å². The third-order valence-electron chi connectivity index (χ3n) is 5.68. The zero-order chi connectivity index (χ0) is 23.2. The highest BCUT2D eigenvalue weighted by Crippen LogP contribution is 2.31. The van der Waals surface area contributed by atoms with E-state index in [0.717, 1.165) is 11.1 Å². The molecule has 0 unspecified atom stereocenters. The molecule has 1 fully saturated rings. The molecule has 3 aromatic rings. The molecule has 6 nitrogen and oxygen atoms in total. The van der Waals surface area contributed by atoms with Gasteiger partial charge in [-0.05, 0) is 49.6 Å². The van der Waals surface area contributed by atoms with Gasteiger partial charge in [-0.3, -0.25) is 9.69 Å². The quantitative estimate of drug-likeness (QED) is 0.490. The Hall–Kier alpha value is -3.26. The summed E-state index contributed by atoms with van der Waals surface area (Å²) in [7, 11) is 0. The highest BCUT2D eigenvalue weighted by atomic mass is 32.1. The lowest BCUT2D eigenvalue weighted by atomic mass is 9.95. The van der Waals surface area contributed by atoms with Crippen molar-refractivity contribution in [2.45, 2.75) is 26.3 Å². The summed E-state index contributed by atoms with van der Waals surface area (Å²) in [6.07, 6.45) is 0.839. The monoisotopic (exact) mass is 467 g/mol. The summed E-state index contributed by atoms with van der Waals surface area (Å²) in [6.45, 7) is 3.52. The topological polar surface area (TPSA) is 62.7 Å². The first-order valence-electron chi connectivity index (χ1n) is 11.0. The Morgan fingerprint density at radius 3 is 2.48 bits per heavy atom. The number of benzene rings is 2.